The van der Waals surface area contributed by atoms with Crippen LogP contribution in [0.3, 0.4) is 0 Å². The van der Waals surface area contributed by atoms with E-state index in [1.165, 1.54) is 11.1 Å². The van der Waals surface area contributed by atoms with Gasteiger partial charge in [0.05, 0.1) is 13.2 Å². The van der Waals surface area contributed by atoms with Gasteiger partial charge in [0, 0.05) is 25.2 Å². The van der Waals surface area contributed by atoms with Gasteiger partial charge in [0.1, 0.15) is 0 Å². The quantitative estimate of drug-likeness (QED) is 0.894. The molecule has 1 aromatic rings. The standard InChI is InChI=1S/C17H28N2O/c1-17(2,3)18-9-8-15-6-4-5-7-16(15)14-19-10-12-20-13-11-19/h4-7,18H,8-14H2,1-3H3. The van der Waals surface area contributed by atoms with Crippen molar-refractivity contribution in [3.63, 3.8) is 0 Å². The molecule has 1 N–H and O–H groups in total. The van der Waals surface area contributed by atoms with Crippen molar-refractivity contribution in [1.29, 1.82) is 0 Å². The molecular weight excluding hydrogens is 248 g/mol. The molecule has 2 rings (SSSR count). The van der Waals surface area contributed by atoms with Crippen LogP contribution in [0.15, 0.2) is 24.3 Å². The van der Waals surface area contributed by atoms with Crippen LogP contribution in [0.1, 0.15) is 31.9 Å². The summed E-state index contributed by atoms with van der Waals surface area (Å²) in [6, 6.07) is 8.83. The van der Waals surface area contributed by atoms with Gasteiger partial charge in [-0.3, -0.25) is 4.90 Å². The van der Waals surface area contributed by atoms with Crippen molar-refractivity contribution in [2.24, 2.45) is 0 Å². The minimum atomic E-state index is 0.194. The van der Waals surface area contributed by atoms with Crippen molar-refractivity contribution in [3.05, 3.63) is 35.4 Å². The third kappa shape index (κ3) is 5.23. The lowest BCUT2D eigenvalue weighted by Gasteiger charge is -2.27. The summed E-state index contributed by atoms with van der Waals surface area (Å²) in [6.45, 7) is 12.6. The van der Waals surface area contributed by atoms with Gasteiger partial charge < -0.3 is 10.1 Å². The lowest BCUT2D eigenvalue weighted by Crippen LogP contribution is -2.37. The Morgan fingerprint density at radius 2 is 1.75 bits per heavy atom. The lowest BCUT2D eigenvalue weighted by molar-refractivity contribution is 0.0341. The maximum absolute atomic E-state index is 5.42. The molecule has 0 spiro atoms. The van der Waals surface area contributed by atoms with Gasteiger partial charge in [-0.25, -0.2) is 0 Å². The number of nitrogens with one attached hydrogen (secondary N) is 1. The highest BCUT2D eigenvalue weighted by Crippen LogP contribution is 2.13. The summed E-state index contributed by atoms with van der Waals surface area (Å²) in [5.74, 6) is 0. The summed E-state index contributed by atoms with van der Waals surface area (Å²) in [7, 11) is 0. The van der Waals surface area contributed by atoms with Gasteiger partial charge in [0.25, 0.3) is 0 Å². The van der Waals surface area contributed by atoms with Gasteiger partial charge in [0.2, 0.25) is 0 Å². The Morgan fingerprint density at radius 1 is 1.10 bits per heavy atom. The Labute approximate surface area is 123 Å². The average Bonchev–Trinajstić information content (AvgIpc) is 2.40. The zero-order valence-electron chi connectivity index (χ0n) is 13.1. The fourth-order valence-electron chi connectivity index (χ4n) is 2.53. The van der Waals surface area contributed by atoms with Gasteiger partial charge in [-0.15, -0.1) is 0 Å². The first-order valence-electron chi connectivity index (χ1n) is 7.66. The lowest BCUT2D eigenvalue weighted by atomic mass is 10.0. The molecule has 20 heavy (non-hydrogen) atoms. The first kappa shape index (κ1) is 15.5. The van der Waals surface area contributed by atoms with Crippen LogP contribution in [0.25, 0.3) is 0 Å². The summed E-state index contributed by atoms with van der Waals surface area (Å²) >= 11 is 0. The zero-order valence-corrected chi connectivity index (χ0v) is 13.1. The van der Waals surface area contributed by atoms with Crippen LogP contribution in [0, 0.1) is 0 Å². The van der Waals surface area contributed by atoms with Crippen molar-refractivity contribution in [2.45, 2.75) is 39.3 Å². The smallest absolute Gasteiger partial charge is 0.0594 e. The van der Waals surface area contributed by atoms with E-state index in [9.17, 15) is 0 Å². The van der Waals surface area contributed by atoms with Crippen LogP contribution >= 0.6 is 0 Å². The fourth-order valence-corrected chi connectivity index (χ4v) is 2.53. The predicted molar refractivity (Wildman–Crippen MR) is 84.0 cm³/mol. The third-order valence-corrected chi connectivity index (χ3v) is 3.67. The monoisotopic (exact) mass is 276 g/mol. The molecule has 0 radical (unpaired) electrons. The van der Waals surface area contributed by atoms with E-state index in [0.29, 0.717) is 0 Å². The fraction of sp³-hybridized carbons (Fsp3) is 0.647. The Balaban J connectivity index is 1.91. The molecule has 1 fully saturated rings. The number of morpholine rings is 1. The molecule has 0 aliphatic carbocycles. The minimum Gasteiger partial charge on any atom is -0.379 e. The van der Waals surface area contributed by atoms with Crippen molar-refractivity contribution in [3.8, 4) is 0 Å². The second kappa shape index (κ2) is 7.21. The predicted octanol–water partition coefficient (Wildman–Crippen LogP) is 2.45. The molecular formula is C17H28N2O. The number of rotatable bonds is 5. The number of nitrogens with zero attached hydrogens (tertiary/aromatic N) is 1. The number of hydrogen-bond acceptors (Lipinski definition) is 3. The highest BCUT2D eigenvalue weighted by Gasteiger charge is 2.13. The van der Waals surface area contributed by atoms with E-state index >= 15 is 0 Å². The van der Waals surface area contributed by atoms with Crippen molar-refractivity contribution in [1.82, 2.24) is 10.2 Å². The maximum Gasteiger partial charge on any atom is 0.0594 e. The van der Waals surface area contributed by atoms with Crippen LogP contribution < -0.4 is 5.32 Å². The molecule has 1 aliphatic rings. The normalized spacial score (nSPS) is 17.4. The molecule has 1 aliphatic heterocycles. The Morgan fingerprint density at radius 3 is 2.40 bits per heavy atom. The van der Waals surface area contributed by atoms with E-state index < -0.39 is 0 Å². The molecule has 1 heterocycles. The highest BCUT2D eigenvalue weighted by molar-refractivity contribution is 5.27. The van der Waals surface area contributed by atoms with Crippen molar-refractivity contribution in [2.75, 3.05) is 32.8 Å². The molecule has 0 saturated carbocycles. The van der Waals surface area contributed by atoms with Gasteiger partial charge in [-0.05, 0) is 44.9 Å². The third-order valence-electron chi connectivity index (χ3n) is 3.67. The van der Waals surface area contributed by atoms with Crippen LogP contribution in [-0.2, 0) is 17.7 Å². The van der Waals surface area contributed by atoms with E-state index in [0.717, 1.165) is 45.8 Å². The Bertz CT molecular complexity index is 406. The van der Waals surface area contributed by atoms with E-state index in [-0.39, 0.29) is 5.54 Å². The van der Waals surface area contributed by atoms with E-state index in [1.54, 1.807) is 0 Å². The first-order valence-corrected chi connectivity index (χ1v) is 7.66. The van der Waals surface area contributed by atoms with E-state index in [4.69, 9.17) is 4.74 Å². The topological polar surface area (TPSA) is 24.5 Å². The van der Waals surface area contributed by atoms with Gasteiger partial charge in [-0.1, -0.05) is 24.3 Å². The van der Waals surface area contributed by atoms with Crippen molar-refractivity contribution >= 4 is 0 Å². The minimum absolute atomic E-state index is 0.194. The van der Waals surface area contributed by atoms with E-state index in [2.05, 4.69) is 55.3 Å². The number of benzene rings is 1. The molecule has 0 bridgehead atoms. The molecule has 0 unspecified atom stereocenters. The van der Waals surface area contributed by atoms with Crippen LogP contribution in [0.2, 0.25) is 0 Å². The first-order chi connectivity index (χ1) is 9.54. The van der Waals surface area contributed by atoms with Crippen molar-refractivity contribution < 1.29 is 4.74 Å². The van der Waals surface area contributed by atoms with Crippen LogP contribution in [0.4, 0.5) is 0 Å². The van der Waals surface area contributed by atoms with E-state index in [1.807, 2.05) is 0 Å². The second-order valence-corrected chi connectivity index (χ2v) is 6.58. The summed E-state index contributed by atoms with van der Waals surface area (Å²) in [4.78, 5) is 2.49. The molecule has 0 aromatic heterocycles. The molecule has 1 saturated heterocycles. The molecule has 0 amide bonds. The van der Waals surface area contributed by atoms with Gasteiger partial charge in [-0.2, -0.15) is 0 Å². The van der Waals surface area contributed by atoms with Crippen LogP contribution in [0.5, 0.6) is 0 Å². The Kier molecular flexibility index (Phi) is 5.58. The highest BCUT2D eigenvalue weighted by atomic mass is 16.5. The van der Waals surface area contributed by atoms with Gasteiger partial charge in [0.15, 0.2) is 0 Å². The SMILES string of the molecule is CC(C)(C)NCCc1ccccc1CN1CCOCC1. The van der Waals surface area contributed by atoms with Gasteiger partial charge >= 0.3 is 0 Å². The van der Waals surface area contributed by atoms with Crippen LogP contribution in [-0.4, -0.2) is 43.3 Å². The average molecular weight is 276 g/mol. The maximum atomic E-state index is 5.42. The largest absolute Gasteiger partial charge is 0.379 e. The Hall–Kier alpha value is -0.900. The summed E-state index contributed by atoms with van der Waals surface area (Å²) in [5, 5.41) is 3.57. The number of hydrogen-bond donors (Lipinski definition) is 1. The summed E-state index contributed by atoms with van der Waals surface area (Å²) in [6.07, 6.45) is 1.10. The number of ether oxygens (including phenoxy) is 1. The molecule has 0 atom stereocenters. The molecule has 3 nitrogen and oxygen atoms in total. The second-order valence-electron chi connectivity index (χ2n) is 6.58. The molecule has 1 aromatic carbocycles. The zero-order chi connectivity index (χ0) is 14.4. The summed E-state index contributed by atoms with van der Waals surface area (Å²) in [5.41, 5.74) is 3.12. The molecule has 3 heteroatoms. The molecule has 112 valence electrons. The summed E-state index contributed by atoms with van der Waals surface area (Å²) < 4.78 is 5.42.